The number of amides is 1. The largest absolute Gasteiger partial charge is 0.344 e. The molecule has 0 atom stereocenters. The van der Waals surface area contributed by atoms with Gasteiger partial charge in [0.25, 0.3) is 0 Å². The topological polar surface area (TPSA) is 48.5 Å². The normalized spacial score (nSPS) is 13.0. The van der Waals surface area contributed by atoms with Gasteiger partial charge in [-0.25, -0.2) is 13.8 Å². The molecule has 0 saturated carbocycles. The van der Waals surface area contributed by atoms with Crippen LogP contribution in [0.5, 0.6) is 0 Å². The van der Waals surface area contributed by atoms with Crippen LogP contribution < -0.4 is 10.2 Å². The minimum atomic E-state index is -1.04. The van der Waals surface area contributed by atoms with Crippen LogP contribution in [-0.4, -0.2) is 40.4 Å². The highest BCUT2D eigenvalue weighted by molar-refractivity contribution is 7.81. The number of benzene rings is 1. The summed E-state index contributed by atoms with van der Waals surface area (Å²) in [4.78, 5) is 21.3. The number of anilines is 3. The molecule has 1 N–H and O–H groups in total. The van der Waals surface area contributed by atoms with Gasteiger partial charge in [0.1, 0.15) is 10.8 Å². The molecule has 1 amide bonds. The number of carbonyl (C=O) groups excluding carboxylic acids is 1. The van der Waals surface area contributed by atoms with E-state index < -0.39 is 11.6 Å². The summed E-state index contributed by atoms with van der Waals surface area (Å²) in [6, 6.07) is 5.45. The maximum Gasteiger partial charge on any atom is 0.246 e. The van der Waals surface area contributed by atoms with Crippen LogP contribution in [0.25, 0.3) is 0 Å². The van der Waals surface area contributed by atoms with Gasteiger partial charge in [0.15, 0.2) is 11.6 Å². The molecule has 0 fully saturated rings. The van der Waals surface area contributed by atoms with Gasteiger partial charge < -0.3 is 5.32 Å². The molecular weight excluding hydrogens is 382 g/mol. The summed E-state index contributed by atoms with van der Waals surface area (Å²) in [6.07, 6.45) is 3.36. The summed E-state index contributed by atoms with van der Waals surface area (Å²) in [5, 5.41) is 2.91. The molecular formula is C20H22F2N4OS. The van der Waals surface area contributed by atoms with E-state index in [9.17, 15) is 13.6 Å². The van der Waals surface area contributed by atoms with Crippen molar-refractivity contribution in [3.8, 4) is 0 Å². The predicted octanol–water partition coefficient (Wildman–Crippen LogP) is 4.25. The number of thiocarbonyl (C=S) groups is 1. The Bertz CT molecular complexity index is 900. The Morgan fingerprint density at radius 1 is 1.21 bits per heavy atom. The van der Waals surface area contributed by atoms with Gasteiger partial charge in [0, 0.05) is 18.3 Å². The standard InChI is InChI=1S/C20H22F2N4OS/c1-3-8-25(9-4-2)12-18(27)26-17-11-15(22)14(21)10-16(17)24-20(28)13-6-5-7-23-19(13)26/h5-7,10-11H,3-4,8-9,12H2,1-2H3,(H,24,28). The first kappa shape index (κ1) is 20.3. The number of halogens is 2. The minimum Gasteiger partial charge on any atom is -0.344 e. The summed E-state index contributed by atoms with van der Waals surface area (Å²) >= 11 is 5.39. The molecule has 2 aromatic rings. The first-order chi connectivity index (χ1) is 13.5. The third kappa shape index (κ3) is 4.02. The van der Waals surface area contributed by atoms with Crippen LogP contribution in [0.3, 0.4) is 0 Å². The number of nitrogens with zero attached hydrogens (tertiary/aromatic N) is 3. The Hall–Kier alpha value is -2.45. The molecule has 0 unspecified atom stereocenters. The van der Waals surface area contributed by atoms with Crippen molar-refractivity contribution in [2.24, 2.45) is 0 Å². The number of aromatic nitrogens is 1. The minimum absolute atomic E-state index is 0.142. The van der Waals surface area contributed by atoms with Crippen LogP contribution in [0.4, 0.5) is 26.0 Å². The summed E-state index contributed by atoms with van der Waals surface area (Å²) in [5.74, 6) is -2.02. The van der Waals surface area contributed by atoms with E-state index in [0.29, 0.717) is 16.4 Å². The molecule has 2 heterocycles. The number of fused-ring (bicyclic) bond motifs is 2. The van der Waals surface area contributed by atoms with Gasteiger partial charge in [-0.15, -0.1) is 0 Å². The zero-order valence-corrected chi connectivity index (χ0v) is 16.7. The molecule has 1 aromatic carbocycles. The first-order valence-corrected chi connectivity index (χ1v) is 9.67. The third-order valence-electron chi connectivity index (χ3n) is 4.46. The number of nitrogens with one attached hydrogen (secondary N) is 1. The van der Waals surface area contributed by atoms with Crippen LogP contribution in [0, 0.1) is 11.6 Å². The molecule has 28 heavy (non-hydrogen) atoms. The second-order valence-corrected chi connectivity index (χ2v) is 7.03. The lowest BCUT2D eigenvalue weighted by atomic mass is 10.2. The van der Waals surface area contributed by atoms with E-state index in [0.717, 1.165) is 38.1 Å². The second kappa shape index (κ2) is 8.70. The van der Waals surface area contributed by atoms with Gasteiger partial charge >= 0.3 is 0 Å². The molecule has 1 aliphatic rings. The maximum atomic E-state index is 14.0. The van der Waals surface area contributed by atoms with Gasteiger partial charge in [-0.3, -0.25) is 14.6 Å². The fourth-order valence-electron chi connectivity index (χ4n) is 3.29. The molecule has 148 valence electrons. The lowest BCUT2D eigenvalue weighted by Gasteiger charge is -2.27. The molecule has 0 spiro atoms. The van der Waals surface area contributed by atoms with Gasteiger partial charge in [0.05, 0.1) is 23.5 Å². The van der Waals surface area contributed by atoms with Crippen molar-refractivity contribution in [1.82, 2.24) is 9.88 Å². The van der Waals surface area contributed by atoms with E-state index in [1.807, 2.05) is 18.7 Å². The van der Waals surface area contributed by atoms with Gasteiger partial charge in [-0.2, -0.15) is 0 Å². The van der Waals surface area contributed by atoms with E-state index in [2.05, 4.69) is 10.3 Å². The lowest BCUT2D eigenvalue weighted by Crippen LogP contribution is -2.39. The molecule has 1 aromatic heterocycles. The van der Waals surface area contributed by atoms with Crippen LogP contribution >= 0.6 is 12.2 Å². The molecule has 0 radical (unpaired) electrons. The Morgan fingerprint density at radius 3 is 2.57 bits per heavy atom. The summed E-state index contributed by atoms with van der Waals surface area (Å²) < 4.78 is 27.9. The molecule has 0 aliphatic carbocycles. The summed E-state index contributed by atoms with van der Waals surface area (Å²) in [5.41, 5.74) is 0.949. The van der Waals surface area contributed by atoms with Crippen molar-refractivity contribution < 1.29 is 13.6 Å². The van der Waals surface area contributed by atoms with Crippen LogP contribution in [0.15, 0.2) is 30.5 Å². The predicted molar refractivity (Wildman–Crippen MR) is 110 cm³/mol. The average molecular weight is 404 g/mol. The van der Waals surface area contributed by atoms with E-state index >= 15 is 0 Å². The van der Waals surface area contributed by atoms with E-state index in [1.54, 1.807) is 18.3 Å². The lowest BCUT2D eigenvalue weighted by molar-refractivity contribution is -0.119. The van der Waals surface area contributed by atoms with E-state index in [-0.39, 0.29) is 23.8 Å². The summed E-state index contributed by atoms with van der Waals surface area (Å²) in [7, 11) is 0. The van der Waals surface area contributed by atoms with Crippen LogP contribution in [0.1, 0.15) is 32.3 Å². The quantitative estimate of drug-likeness (QED) is 0.730. The highest BCUT2D eigenvalue weighted by Gasteiger charge is 2.31. The van der Waals surface area contributed by atoms with Crippen molar-refractivity contribution in [2.45, 2.75) is 26.7 Å². The maximum absolute atomic E-state index is 14.0. The van der Waals surface area contributed by atoms with Gasteiger partial charge in [0.2, 0.25) is 5.91 Å². The van der Waals surface area contributed by atoms with Gasteiger partial charge in [-0.05, 0) is 38.1 Å². The molecule has 1 aliphatic heterocycles. The smallest absolute Gasteiger partial charge is 0.246 e. The van der Waals surface area contributed by atoms with Crippen molar-refractivity contribution >= 4 is 40.3 Å². The van der Waals surface area contributed by atoms with Crippen LogP contribution in [-0.2, 0) is 4.79 Å². The highest BCUT2D eigenvalue weighted by atomic mass is 32.1. The molecule has 0 bridgehead atoms. The number of hydrogen-bond acceptors (Lipinski definition) is 4. The van der Waals surface area contributed by atoms with Crippen molar-refractivity contribution in [1.29, 1.82) is 0 Å². The number of rotatable bonds is 6. The first-order valence-electron chi connectivity index (χ1n) is 9.27. The van der Waals surface area contributed by atoms with Crippen molar-refractivity contribution in [3.05, 3.63) is 47.7 Å². The van der Waals surface area contributed by atoms with E-state index in [4.69, 9.17) is 12.2 Å². The zero-order chi connectivity index (χ0) is 20.3. The Labute approximate surface area is 168 Å². The molecule has 3 rings (SSSR count). The molecule has 5 nitrogen and oxygen atoms in total. The monoisotopic (exact) mass is 404 g/mol. The van der Waals surface area contributed by atoms with Crippen molar-refractivity contribution in [3.63, 3.8) is 0 Å². The molecule has 8 heteroatoms. The summed E-state index contributed by atoms with van der Waals surface area (Å²) in [6.45, 7) is 5.77. The highest BCUT2D eigenvalue weighted by Crippen LogP contribution is 2.38. The average Bonchev–Trinajstić information content (AvgIpc) is 2.77. The molecule has 0 saturated heterocycles. The Balaban J connectivity index is 2.10. The number of carbonyl (C=O) groups is 1. The second-order valence-electron chi connectivity index (χ2n) is 6.62. The SMILES string of the molecule is CCCN(CCC)CC(=O)N1c2cc(F)c(F)cc2NC(=S)c2cccnc21. The van der Waals surface area contributed by atoms with E-state index in [1.165, 1.54) is 4.90 Å². The Kier molecular flexibility index (Phi) is 6.31. The number of hydrogen-bond donors (Lipinski definition) is 1. The van der Waals surface area contributed by atoms with Crippen LogP contribution in [0.2, 0.25) is 0 Å². The number of pyridine rings is 1. The van der Waals surface area contributed by atoms with Gasteiger partial charge in [-0.1, -0.05) is 26.1 Å². The third-order valence-corrected chi connectivity index (χ3v) is 4.78. The Morgan fingerprint density at radius 2 is 1.89 bits per heavy atom. The van der Waals surface area contributed by atoms with Crippen molar-refractivity contribution in [2.75, 3.05) is 29.9 Å². The fourth-order valence-corrected chi connectivity index (χ4v) is 3.56. The zero-order valence-electron chi connectivity index (χ0n) is 15.8. The fraction of sp³-hybridized carbons (Fsp3) is 0.350.